The third-order valence-electron chi connectivity index (χ3n) is 5.15. The molecular weight excluding hydrogens is 589 g/mol. The van der Waals surface area contributed by atoms with Crippen molar-refractivity contribution in [2.75, 3.05) is 41.2 Å². The van der Waals surface area contributed by atoms with Crippen LogP contribution >= 0.6 is 24.7 Å². The Kier molecular flexibility index (Phi) is 13.9. The quantitative estimate of drug-likeness (QED) is 0.140. The van der Waals surface area contributed by atoms with E-state index in [1.54, 1.807) is 94.1 Å². The number of nitrogens with one attached hydrogen (secondary N) is 1. The molecule has 0 aromatic heterocycles. The van der Waals surface area contributed by atoms with E-state index >= 15 is 0 Å². The van der Waals surface area contributed by atoms with Gasteiger partial charge in [0, 0.05) is 0 Å². The summed E-state index contributed by atoms with van der Waals surface area (Å²) in [5, 5.41) is 0. The summed E-state index contributed by atoms with van der Waals surface area (Å²) >= 11 is 0. The fraction of sp³-hybridized carbons (Fsp3) is 0.333. The van der Waals surface area contributed by atoms with Crippen molar-refractivity contribution in [3.63, 3.8) is 0 Å². The van der Waals surface area contributed by atoms with Gasteiger partial charge >= 0.3 is 245 Å². The Hall–Kier alpha value is -2.61. The molecule has 11 nitrogen and oxygen atoms in total. The van der Waals surface area contributed by atoms with Gasteiger partial charge in [0.15, 0.2) is 0 Å². The third kappa shape index (κ3) is 10.6. The van der Waals surface area contributed by atoms with E-state index in [2.05, 4.69) is 4.86 Å². The zero-order chi connectivity index (χ0) is 29.5. The summed E-state index contributed by atoms with van der Waals surface area (Å²) in [6, 6.07) is 21.5. The van der Waals surface area contributed by atoms with Crippen molar-refractivity contribution in [2.45, 2.75) is 20.8 Å². The molecular formula is C27H39N2O9P3. The van der Waals surface area contributed by atoms with Crippen molar-refractivity contribution < 1.29 is 41.4 Å². The Bertz CT molecular complexity index is 1200. The predicted octanol–water partition coefficient (Wildman–Crippen LogP) is 7.81. The molecule has 0 bridgehead atoms. The molecule has 0 heterocycles. The van der Waals surface area contributed by atoms with Crippen LogP contribution in [0.3, 0.4) is 0 Å². The minimum atomic E-state index is -3.75. The first-order chi connectivity index (χ1) is 20.0. The van der Waals surface area contributed by atoms with Gasteiger partial charge in [-0.3, -0.25) is 0 Å². The Balaban J connectivity index is 2.01. The Morgan fingerprint density at radius 3 is 1.61 bits per heavy atom. The van der Waals surface area contributed by atoms with Crippen LogP contribution in [0.1, 0.15) is 20.8 Å². The number of nitrogens with zero attached hydrogens (tertiary/aromatic N) is 1. The fourth-order valence-electron chi connectivity index (χ4n) is 3.28. The van der Waals surface area contributed by atoms with Gasteiger partial charge in [-0.15, -0.1) is 0 Å². The van der Waals surface area contributed by atoms with Gasteiger partial charge in [-0.05, 0) is 0 Å². The van der Waals surface area contributed by atoms with Gasteiger partial charge < -0.3 is 0 Å². The molecule has 0 spiro atoms. The van der Waals surface area contributed by atoms with Crippen LogP contribution in [0.5, 0.6) is 34.5 Å². The molecule has 3 aromatic rings. The molecule has 0 aliphatic heterocycles. The molecule has 2 atom stereocenters. The third-order valence-corrected chi connectivity index (χ3v) is 11.9. The van der Waals surface area contributed by atoms with Gasteiger partial charge in [-0.1, -0.05) is 0 Å². The maximum absolute atomic E-state index is 6.51. The molecule has 0 saturated heterocycles. The average molecular weight is 629 g/mol. The second-order valence-electron chi connectivity index (χ2n) is 7.93. The van der Waals surface area contributed by atoms with Crippen molar-refractivity contribution in [1.29, 1.82) is 0 Å². The van der Waals surface area contributed by atoms with Gasteiger partial charge in [-0.2, -0.15) is 0 Å². The molecule has 1 N–H and O–H groups in total. The van der Waals surface area contributed by atoms with Crippen molar-refractivity contribution in [2.24, 2.45) is 4.52 Å². The van der Waals surface area contributed by atoms with Crippen LogP contribution in [0.4, 0.5) is 0 Å². The monoisotopic (exact) mass is 628 g/mol. The Labute approximate surface area is 244 Å². The Morgan fingerprint density at radius 2 is 1.15 bits per heavy atom. The molecule has 3 aromatic carbocycles. The van der Waals surface area contributed by atoms with E-state index in [1.165, 1.54) is 0 Å². The molecule has 2 unspecified atom stereocenters. The molecule has 0 fully saturated rings. The first kappa shape index (κ1) is 32.9. The molecule has 41 heavy (non-hydrogen) atoms. The van der Waals surface area contributed by atoms with Crippen LogP contribution < -0.4 is 32.6 Å². The first-order valence-electron chi connectivity index (χ1n) is 13.0. The SMILES string of the molecule is CCOP(N[PH](/N=[PH](/OCC)Oc1ccc(OC)cc1)(OCC)Oc1ccc(OC)cc1)Oc1ccc(OC)cc1. The molecule has 3 rings (SSSR count). The molecule has 226 valence electrons. The minimum absolute atomic E-state index is 0.292. The average Bonchev–Trinajstić information content (AvgIpc) is 2.98. The van der Waals surface area contributed by atoms with E-state index in [0.717, 1.165) is 0 Å². The molecule has 0 radical (unpaired) electrons. The zero-order valence-corrected chi connectivity index (χ0v) is 27.0. The van der Waals surface area contributed by atoms with E-state index in [1.807, 2.05) is 20.8 Å². The van der Waals surface area contributed by atoms with Gasteiger partial charge in [-0.25, -0.2) is 0 Å². The van der Waals surface area contributed by atoms with E-state index in [0.29, 0.717) is 54.3 Å². The summed E-state index contributed by atoms with van der Waals surface area (Å²) < 4.78 is 57.9. The topological polar surface area (TPSA) is 107 Å². The van der Waals surface area contributed by atoms with E-state index in [9.17, 15) is 0 Å². The summed E-state index contributed by atoms with van der Waals surface area (Å²) in [6.45, 7) is 6.65. The van der Waals surface area contributed by atoms with E-state index in [-0.39, 0.29) is 0 Å². The summed E-state index contributed by atoms with van der Waals surface area (Å²) in [5.41, 5.74) is 0. The standard InChI is InChI=1S/C27H39N2O9P3/c1-7-33-39(36-25-16-10-22(30-4)11-17-25)28-41(35-9-3,38-27-20-14-24(32-6)15-21-27)29-40(34-8-2)37-26-18-12-23(31-5)13-19-26/h10-21,28,40-41H,7-9H2,1-6H3. The number of hydrogen-bond donors (Lipinski definition) is 1. The molecule has 0 saturated carbocycles. The predicted molar refractivity (Wildman–Crippen MR) is 165 cm³/mol. The van der Waals surface area contributed by atoms with Gasteiger partial charge in [0.05, 0.1) is 0 Å². The van der Waals surface area contributed by atoms with Crippen LogP contribution in [0.2, 0.25) is 0 Å². The van der Waals surface area contributed by atoms with Crippen LogP contribution in [-0.2, 0) is 13.6 Å². The molecule has 14 heteroatoms. The molecule has 0 aliphatic carbocycles. The zero-order valence-electron chi connectivity index (χ0n) is 24.1. The molecule has 0 aliphatic rings. The van der Waals surface area contributed by atoms with Crippen LogP contribution in [0.25, 0.3) is 0 Å². The second-order valence-corrected chi connectivity index (χ2v) is 13.4. The molecule has 0 amide bonds. The van der Waals surface area contributed by atoms with Gasteiger partial charge in [0.25, 0.3) is 0 Å². The number of benzene rings is 3. The van der Waals surface area contributed by atoms with Crippen LogP contribution in [0.15, 0.2) is 77.3 Å². The normalized spacial score (nSPS) is 13.2. The van der Waals surface area contributed by atoms with Crippen molar-refractivity contribution >= 4 is 24.7 Å². The summed E-state index contributed by atoms with van der Waals surface area (Å²) in [4.78, 5) is 3.35. The number of hydrogen-bond acceptors (Lipinski definition) is 11. The van der Waals surface area contributed by atoms with E-state index in [4.69, 9.17) is 45.9 Å². The van der Waals surface area contributed by atoms with Gasteiger partial charge in [0.1, 0.15) is 0 Å². The van der Waals surface area contributed by atoms with Crippen molar-refractivity contribution in [3.05, 3.63) is 72.8 Å². The first-order valence-corrected chi connectivity index (χ1v) is 17.2. The maximum atomic E-state index is 6.51. The Morgan fingerprint density at radius 1 is 0.659 bits per heavy atom. The van der Waals surface area contributed by atoms with Crippen LogP contribution in [0, 0.1) is 0 Å². The van der Waals surface area contributed by atoms with Crippen molar-refractivity contribution in [1.82, 2.24) is 4.86 Å². The van der Waals surface area contributed by atoms with Crippen molar-refractivity contribution in [3.8, 4) is 34.5 Å². The number of ether oxygens (including phenoxy) is 3. The summed E-state index contributed by atoms with van der Waals surface area (Å²) in [5.74, 6) is 3.77. The fourth-order valence-corrected chi connectivity index (χ4v) is 9.73. The second kappa shape index (κ2) is 17.4. The van der Waals surface area contributed by atoms with Crippen LogP contribution in [-0.4, -0.2) is 41.2 Å². The number of rotatable bonds is 18. The van der Waals surface area contributed by atoms with Gasteiger partial charge in [0.2, 0.25) is 0 Å². The summed E-state index contributed by atoms with van der Waals surface area (Å²) in [7, 11) is -3.03. The summed E-state index contributed by atoms with van der Waals surface area (Å²) in [6.07, 6.45) is 0. The van der Waals surface area contributed by atoms with E-state index < -0.39 is 24.7 Å². The number of methoxy groups -OCH3 is 3.